The van der Waals surface area contributed by atoms with Crippen LogP contribution >= 0.6 is 11.8 Å². The fourth-order valence-corrected chi connectivity index (χ4v) is 3.09. The second-order valence-electron chi connectivity index (χ2n) is 5.03. The molecule has 1 aromatic carbocycles. The Labute approximate surface area is 126 Å². The fourth-order valence-electron chi connectivity index (χ4n) is 1.85. The Hall–Kier alpha value is -1.00. The Morgan fingerprint density at radius 2 is 2.10 bits per heavy atom. The van der Waals surface area contributed by atoms with Crippen molar-refractivity contribution in [1.82, 2.24) is 5.32 Å². The Morgan fingerprint density at radius 1 is 1.40 bits per heavy atom. The standard InChI is InChI=1S/C16H25NO2S/c1-5-19-15(18)16(3,17-4)10-11-20-12-14-9-7-6-8-13(14)2/h6-9,17H,5,10-12H2,1-4H3. The Morgan fingerprint density at radius 3 is 2.70 bits per heavy atom. The SMILES string of the molecule is CCOC(=O)C(C)(CCSCc1ccccc1C)NC. The molecule has 20 heavy (non-hydrogen) atoms. The second kappa shape index (κ2) is 8.32. The molecule has 1 aromatic rings. The molecule has 1 unspecified atom stereocenters. The van der Waals surface area contributed by atoms with Crippen LogP contribution in [0.2, 0.25) is 0 Å². The third-order valence-corrected chi connectivity index (χ3v) is 4.55. The van der Waals surface area contributed by atoms with Crippen molar-refractivity contribution in [2.75, 3.05) is 19.4 Å². The topological polar surface area (TPSA) is 38.3 Å². The zero-order chi connectivity index (χ0) is 15.0. The highest BCUT2D eigenvalue weighted by Crippen LogP contribution is 2.20. The molecule has 0 aliphatic heterocycles. The van der Waals surface area contributed by atoms with Crippen LogP contribution in [0.5, 0.6) is 0 Å². The summed E-state index contributed by atoms with van der Waals surface area (Å²) >= 11 is 1.85. The van der Waals surface area contributed by atoms with Gasteiger partial charge in [0.1, 0.15) is 5.54 Å². The number of ether oxygens (including phenoxy) is 1. The lowest BCUT2D eigenvalue weighted by Crippen LogP contribution is -2.49. The molecule has 0 saturated carbocycles. The average molecular weight is 295 g/mol. The number of nitrogens with one attached hydrogen (secondary N) is 1. The number of hydrogen-bond acceptors (Lipinski definition) is 4. The Kier molecular flexibility index (Phi) is 7.10. The van der Waals surface area contributed by atoms with E-state index in [1.165, 1.54) is 11.1 Å². The van der Waals surface area contributed by atoms with E-state index >= 15 is 0 Å². The summed E-state index contributed by atoms with van der Waals surface area (Å²) in [6.07, 6.45) is 0.763. The Balaban J connectivity index is 2.42. The molecule has 1 N–H and O–H groups in total. The first kappa shape index (κ1) is 17.1. The molecule has 0 bridgehead atoms. The predicted octanol–water partition coefficient (Wildman–Crippen LogP) is 3.16. The molecular weight excluding hydrogens is 270 g/mol. The molecular formula is C16H25NO2S. The van der Waals surface area contributed by atoms with Gasteiger partial charge in [0, 0.05) is 5.75 Å². The lowest BCUT2D eigenvalue weighted by molar-refractivity contribution is -0.150. The van der Waals surface area contributed by atoms with E-state index in [0.29, 0.717) is 6.61 Å². The largest absolute Gasteiger partial charge is 0.465 e. The van der Waals surface area contributed by atoms with Gasteiger partial charge < -0.3 is 10.1 Å². The second-order valence-corrected chi connectivity index (χ2v) is 6.14. The maximum absolute atomic E-state index is 11.9. The smallest absolute Gasteiger partial charge is 0.326 e. The third-order valence-electron chi connectivity index (χ3n) is 3.54. The molecule has 0 saturated heterocycles. The minimum Gasteiger partial charge on any atom is -0.465 e. The first-order valence-corrected chi connectivity index (χ1v) is 8.17. The van der Waals surface area contributed by atoms with Gasteiger partial charge in [-0.05, 0) is 51.1 Å². The molecule has 112 valence electrons. The normalized spacial score (nSPS) is 13.8. The van der Waals surface area contributed by atoms with Crippen molar-refractivity contribution in [3.8, 4) is 0 Å². The van der Waals surface area contributed by atoms with Crippen molar-refractivity contribution >= 4 is 17.7 Å². The summed E-state index contributed by atoms with van der Waals surface area (Å²) in [7, 11) is 1.81. The molecule has 1 atom stereocenters. The first-order chi connectivity index (χ1) is 9.53. The van der Waals surface area contributed by atoms with Crippen LogP contribution in [0, 0.1) is 6.92 Å². The van der Waals surface area contributed by atoms with E-state index in [2.05, 4.69) is 36.5 Å². The number of likely N-dealkylation sites (N-methyl/N-ethyl adjacent to an activating group) is 1. The van der Waals surface area contributed by atoms with Crippen molar-refractivity contribution in [3.05, 3.63) is 35.4 Å². The number of benzene rings is 1. The van der Waals surface area contributed by atoms with Gasteiger partial charge in [-0.15, -0.1) is 0 Å². The molecule has 3 nitrogen and oxygen atoms in total. The van der Waals surface area contributed by atoms with Crippen LogP contribution in [0.1, 0.15) is 31.4 Å². The summed E-state index contributed by atoms with van der Waals surface area (Å²) in [5.74, 6) is 1.73. The van der Waals surface area contributed by atoms with Crippen LogP contribution in [0.3, 0.4) is 0 Å². The summed E-state index contributed by atoms with van der Waals surface area (Å²) in [4.78, 5) is 11.9. The van der Waals surface area contributed by atoms with Gasteiger partial charge >= 0.3 is 5.97 Å². The van der Waals surface area contributed by atoms with E-state index in [1.807, 2.05) is 32.7 Å². The molecule has 0 radical (unpaired) electrons. The minimum atomic E-state index is -0.589. The van der Waals surface area contributed by atoms with E-state index in [1.54, 1.807) is 0 Å². The van der Waals surface area contributed by atoms with E-state index in [4.69, 9.17) is 4.74 Å². The molecule has 0 aromatic heterocycles. The summed E-state index contributed by atoms with van der Waals surface area (Å²) < 4.78 is 5.12. The molecule has 0 aliphatic carbocycles. The van der Waals surface area contributed by atoms with E-state index in [0.717, 1.165) is 17.9 Å². The van der Waals surface area contributed by atoms with Crippen LogP contribution in [-0.2, 0) is 15.3 Å². The molecule has 0 fully saturated rings. The quantitative estimate of drug-likeness (QED) is 0.590. The molecule has 1 rings (SSSR count). The van der Waals surface area contributed by atoms with Gasteiger partial charge in [-0.1, -0.05) is 24.3 Å². The predicted molar refractivity (Wildman–Crippen MR) is 86.1 cm³/mol. The lowest BCUT2D eigenvalue weighted by Gasteiger charge is -2.26. The molecule has 0 aliphatic rings. The van der Waals surface area contributed by atoms with Crippen LogP contribution in [0.4, 0.5) is 0 Å². The number of carbonyl (C=O) groups excluding carboxylic acids is 1. The van der Waals surface area contributed by atoms with Gasteiger partial charge in [-0.3, -0.25) is 4.79 Å². The number of esters is 1. The first-order valence-electron chi connectivity index (χ1n) is 7.02. The average Bonchev–Trinajstić information content (AvgIpc) is 2.45. The van der Waals surface area contributed by atoms with Crippen molar-refractivity contribution in [3.63, 3.8) is 0 Å². The molecule has 0 amide bonds. The van der Waals surface area contributed by atoms with Gasteiger partial charge in [-0.25, -0.2) is 0 Å². The summed E-state index contributed by atoms with van der Waals surface area (Å²) in [5, 5.41) is 3.09. The van der Waals surface area contributed by atoms with Crippen LogP contribution in [0.15, 0.2) is 24.3 Å². The monoisotopic (exact) mass is 295 g/mol. The summed E-state index contributed by atoms with van der Waals surface area (Å²) in [6.45, 7) is 6.29. The maximum atomic E-state index is 11.9. The van der Waals surface area contributed by atoms with Crippen molar-refractivity contribution < 1.29 is 9.53 Å². The summed E-state index contributed by atoms with van der Waals surface area (Å²) in [6, 6.07) is 8.42. The number of hydrogen-bond donors (Lipinski definition) is 1. The van der Waals surface area contributed by atoms with Gasteiger partial charge in [-0.2, -0.15) is 11.8 Å². The van der Waals surface area contributed by atoms with Crippen LogP contribution in [0.25, 0.3) is 0 Å². The third kappa shape index (κ3) is 4.84. The van der Waals surface area contributed by atoms with E-state index in [9.17, 15) is 4.79 Å². The zero-order valence-electron chi connectivity index (χ0n) is 12.9. The number of aryl methyl sites for hydroxylation is 1. The highest BCUT2D eigenvalue weighted by molar-refractivity contribution is 7.98. The maximum Gasteiger partial charge on any atom is 0.326 e. The minimum absolute atomic E-state index is 0.168. The zero-order valence-corrected chi connectivity index (χ0v) is 13.7. The lowest BCUT2D eigenvalue weighted by atomic mass is 10.00. The van der Waals surface area contributed by atoms with Gasteiger partial charge in [0.05, 0.1) is 6.61 Å². The fraction of sp³-hybridized carbons (Fsp3) is 0.562. The van der Waals surface area contributed by atoms with Crippen LogP contribution in [-0.4, -0.2) is 30.9 Å². The highest BCUT2D eigenvalue weighted by atomic mass is 32.2. The molecule has 0 heterocycles. The van der Waals surface area contributed by atoms with E-state index < -0.39 is 5.54 Å². The van der Waals surface area contributed by atoms with E-state index in [-0.39, 0.29) is 5.97 Å². The molecule has 0 spiro atoms. The highest BCUT2D eigenvalue weighted by Gasteiger charge is 2.32. The number of carbonyl (C=O) groups is 1. The van der Waals surface area contributed by atoms with Gasteiger partial charge in [0.15, 0.2) is 0 Å². The summed E-state index contributed by atoms with van der Waals surface area (Å²) in [5.41, 5.74) is 2.09. The Bertz CT molecular complexity index is 436. The number of thioether (sulfide) groups is 1. The van der Waals surface area contributed by atoms with Crippen molar-refractivity contribution in [1.29, 1.82) is 0 Å². The van der Waals surface area contributed by atoms with Crippen molar-refractivity contribution in [2.45, 2.75) is 38.5 Å². The molecule has 4 heteroatoms. The van der Waals surface area contributed by atoms with Crippen LogP contribution < -0.4 is 5.32 Å². The van der Waals surface area contributed by atoms with Crippen molar-refractivity contribution in [2.24, 2.45) is 0 Å². The number of rotatable bonds is 8. The van der Waals surface area contributed by atoms with Gasteiger partial charge in [0.25, 0.3) is 0 Å². The van der Waals surface area contributed by atoms with Gasteiger partial charge in [0.2, 0.25) is 0 Å².